The van der Waals surface area contributed by atoms with E-state index in [1.807, 2.05) is 42.6 Å². The number of aromatic nitrogens is 1. The number of nitrogens with zero attached hydrogens (tertiary/aromatic N) is 1. The van der Waals surface area contributed by atoms with Crippen molar-refractivity contribution in [3.05, 3.63) is 70.2 Å². The Hall–Kier alpha value is -2.90. The first kappa shape index (κ1) is 18.9. The molecular weight excluding hydrogens is 362 g/mol. The number of ether oxygens (including phenoxy) is 2. The number of carbonyl (C=O) groups is 1. The van der Waals surface area contributed by atoms with Crippen LogP contribution in [0.4, 0.5) is 5.82 Å². The summed E-state index contributed by atoms with van der Waals surface area (Å²) in [7, 11) is 1.58. The number of hydrogen-bond acceptors (Lipinski definition) is 6. The van der Waals surface area contributed by atoms with Crippen molar-refractivity contribution in [1.29, 1.82) is 0 Å². The molecule has 27 heavy (non-hydrogen) atoms. The fourth-order valence-corrected chi connectivity index (χ4v) is 3.23. The Balaban J connectivity index is 1.57. The number of methoxy groups -OCH3 is 1. The smallest absolute Gasteiger partial charge is 0.255 e. The van der Waals surface area contributed by atoms with Gasteiger partial charge in [-0.05, 0) is 53.8 Å². The molecule has 1 amide bonds. The molecule has 6 nitrogen and oxygen atoms in total. The lowest BCUT2D eigenvalue weighted by molar-refractivity contribution is 0.0951. The molecule has 0 aliphatic rings. The Morgan fingerprint density at radius 3 is 2.63 bits per heavy atom. The SMILES string of the molecule is COCc1ccc(C(=O)NCc2ccc(Oc3cc(C)cs3)cc2)c(N)n1. The van der Waals surface area contributed by atoms with Crippen molar-refractivity contribution in [3.8, 4) is 10.8 Å². The molecule has 0 saturated carbocycles. The van der Waals surface area contributed by atoms with Gasteiger partial charge in [-0.15, -0.1) is 11.3 Å². The van der Waals surface area contributed by atoms with Gasteiger partial charge in [-0.1, -0.05) is 12.1 Å². The summed E-state index contributed by atoms with van der Waals surface area (Å²) in [5.41, 5.74) is 9.04. The Labute approximate surface area is 162 Å². The molecule has 0 aliphatic carbocycles. The third-order valence-electron chi connectivity index (χ3n) is 3.82. The van der Waals surface area contributed by atoms with Crippen LogP contribution in [0.1, 0.15) is 27.2 Å². The summed E-state index contributed by atoms with van der Waals surface area (Å²) in [5, 5.41) is 5.75. The van der Waals surface area contributed by atoms with Gasteiger partial charge in [0.2, 0.25) is 0 Å². The summed E-state index contributed by atoms with van der Waals surface area (Å²) < 4.78 is 10.8. The monoisotopic (exact) mass is 383 g/mol. The van der Waals surface area contributed by atoms with E-state index in [1.54, 1.807) is 30.6 Å². The molecule has 0 unspecified atom stereocenters. The van der Waals surface area contributed by atoms with E-state index in [2.05, 4.69) is 10.3 Å². The third-order valence-corrected chi connectivity index (χ3v) is 4.74. The maximum Gasteiger partial charge on any atom is 0.255 e. The number of aryl methyl sites for hydroxylation is 1. The number of carbonyl (C=O) groups excluding carboxylic acids is 1. The number of nitrogens with two attached hydrogens (primary N) is 1. The molecule has 0 bridgehead atoms. The van der Waals surface area contributed by atoms with E-state index < -0.39 is 0 Å². The van der Waals surface area contributed by atoms with E-state index in [4.69, 9.17) is 15.2 Å². The van der Waals surface area contributed by atoms with E-state index in [0.717, 1.165) is 16.4 Å². The van der Waals surface area contributed by atoms with Crippen molar-refractivity contribution in [2.75, 3.05) is 12.8 Å². The number of benzene rings is 1. The van der Waals surface area contributed by atoms with Gasteiger partial charge in [0.15, 0.2) is 5.06 Å². The van der Waals surface area contributed by atoms with E-state index in [9.17, 15) is 4.79 Å². The highest BCUT2D eigenvalue weighted by atomic mass is 32.1. The topological polar surface area (TPSA) is 86.5 Å². The summed E-state index contributed by atoms with van der Waals surface area (Å²) in [6.45, 7) is 2.77. The van der Waals surface area contributed by atoms with Crippen LogP contribution in [-0.2, 0) is 17.9 Å². The lowest BCUT2D eigenvalue weighted by Crippen LogP contribution is -2.24. The van der Waals surface area contributed by atoms with Crippen molar-refractivity contribution in [3.63, 3.8) is 0 Å². The van der Waals surface area contributed by atoms with E-state index >= 15 is 0 Å². The van der Waals surface area contributed by atoms with E-state index in [-0.39, 0.29) is 11.7 Å². The number of nitrogens with one attached hydrogen (secondary N) is 1. The predicted octanol–water partition coefficient (Wildman–Crippen LogP) is 3.90. The minimum Gasteiger partial charge on any atom is -0.447 e. The first-order chi connectivity index (χ1) is 13.0. The molecule has 0 atom stereocenters. The summed E-state index contributed by atoms with van der Waals surface area (Å²) >= 11 is 1.56. The molecular formula is C20H21N3O3S. The maximum atomic E-state index is 12.3. The Bertz CT molecular complexity index is 922. The zero-order chi connectivity index (χ0) is 19.2. The minimum absolute atomic E-state index is 0.192. The van der Waals surface area contributed by atoms with Crippen LogP contribution in [0, 0.1) is 6.92 Å². The second kappa shape index (κ2) is 8.66. The highest BCUT2D eigenvalue weighted by molar-refractivity contribution is 7.12. The van der Waals surface area contributed by atoms with Gasteiger partial charge in [-0.3, -0.25) is 4.79 Å². The van der Waals surface area contributed by atoms with Gasteiger partial charge in [0.1, 0.15) is 11.6 Å². The Morgan fingerprint density at radius 1 is 1.22 bits per heavy atom. The van der Waals surface area contributed by atoms with Crippen LogP contribution in [0.25, 0.3) is 0 Å². The number of rotatable bonds is 7. The second-order valence-electron chi connectivity index (χ2n) is 6.04. The van der Waals surface area contributed by atoms with Crippen LogP contribution in [-0.4, -0.2) is 18.0 Å². The first-order valence-corrected chi connectivity index (χ1v) is 9.27. The fourth-order valence-electron chi connectivity index (χ4n) is 2.46. The first-order valence-electron chi connectivity index (χ1n) is 8.39. The molecule has 0 fully saturated rings. The van der Waals surface area contributed by atoms with Crippen LogP contribution < -0.4 is 15.8 Å². The van der Waals surface area contributed by atoms with Gasteiger partial charge in [-0.25, -0.2) is 4.98 Å². The summed E-state index contributed by atoms with van der Waals surface area (Å²) in [4.78, 5) is 16.5. The number of amides is 1. The molecule has 1 aromatic carbocycles. The van der Waals surface area contributed by atoms with Gasteiger partial charge in [0.25, 0.3) is 5.91 Å². The standard InChI is InChI=1S/C20H21N3O3S/c1-13-9-18(27-12-13)26-16-6-3-14(4-7-16)10-22-20(24)17-8-5-15(11-25-2)23-19(17)21/h3-9,12H,10-11H2,1-2H3,(H2,21,23)(H,22,24). The lowest BCUT2D eigenvalue weighted by Gasteiger charge is -2.09. The minimum atomic E-state index is -0.265. The van der Waals surface area contributed by atoms with Gasteiger partial charge >= 0.3 is 0 Å². The number of nitrogen functional groups attached to an aromatic ring is 1. The van der Waals surface area contributed by atoms with E-state index in [0.29, 0.717) is 24.4 Å². The van der Waals surface area contributed by atoms with Crippen LogP contribution in [0.5, 0.6) is 10.8 Å². The molecule has 0 aliphatic heterocycles. The quantitative estimate of drug-likeness (QED) is 0.646. The molecule has 0 radical (unpaired) electrons. The maximum absolute atomic E-state index is 12.3. The zero-order valence-electron chi connectivity index (χ0n) is 15.2. The van der Waals surface area contributed by atoms with E-state index in [1.165, 1.54) is 5.56 Å². The number of pyridine rings is 1. The molecule has 140 valence electrons. The lowest BCUT2D eigenvalue weighted by atomic mass is 10.2. The van der Waals surface area contributed by atoms with Gasteiger partial charge in [0.05, 0.1) is 17.9 Å². The largest absolute Gasteiger partial charge is 0.447 e. The van der Waals surface area contributed by atoms with Crippen LogP contribution in [0.15, 0.2) is 47.8 Å². The van der Waals surface area contributed by atoms with Crippen molar-refractivity contribution in [2.24, 2.45) is 0 Å². The normalized spacial score (nSPS) is 10.6. The molecule has 7 heteroatoms. The summed E-state index contributed by atoms with van der Waals surface area (Å²) in [6.07, 6.45) is 0. The Kier molecular flexibility index (Phi) is 6.05. The number of thiophene rings is 1. The highest BCUT2D eigenvalue weighted by Crippen LogP contribution is 2.28. The van der Waals surface area contributed by atoms with Crippen molar-refractivity contribution in [1.82, 2.24) is 10.3 Å². The van der Waals surface area contributed by atoms with Crippen LogP contribution >= 0.6 is 11.3 Å². The van der Waals surface area contributed by atoms with Crippen LogP contribution in [0.3, 0.4) is 0 Å². The molecule has 3 rings (SSSR count). The fraction of sp³-hybridized carbons (Fsp3) is 0.200. The van der Waals surface area contributed by atoms with Crippen LogP contribution in [0.2, 0.25) is 0 Å². The molecule has 2 heterocycles. The van der Waals surface area contributed by atoms with Gasteiger partial charge < -0.3 is 20.5 Å². The molecule has 2 aromatic heterocycles. The van der Waals surface area contributed by atoms with Crippen molar-refractivity contribution in [2.45, 2.75) is 20.1 Å². The van der Waals surface area contributed by atoms with Crippen molar-refractivity contribution >= 4 is 23.1 Å². The number of anilines is 1. The predicted molar refractivity (Wildman–Crippen MR) is 106 cm³/mol. The van der Waals surface area contributed by atoms with Crippen molar-refractivity contribution < 1.29 is 14.3 Å². The second-order valence-corrected chi connectivity index (χ2v) is 6.91. The average Bonchev–Trinajstić information content (AvgIpc) is 3.06. The molecule has 3 aromatic rings. The molecule has 0 spiro atoms. The summed E-state index contributed by atoms with van der Waals surface area (Å²) in [5.74, 6) is 0.685. The number of hydrogen-bond donors (Lipinski definition) is 2. The molecule has 0 saturated heterocycles. The average molecular weight is 383 g/mol. The molecule has 3 N–H and O–H groups in total. The zero-order valence-corrected chi connectivity index (χ0v) is 16.0. The van der Waals surface area contributed by atoms with Gasteiger partial charge in [0, 0.05) is 13.7 Å². The third kappa shape index (κ3) is 5.06. The van der Waals surface area contributed by atoms with Gasteiger partial charge in [-0.2, -0.15) is 0 Å². The Morgan fingerprint density at radius 2 is 2.00 bits per heavy atom. The summed E-state index contributed by atoms with van der Waals surface area (Å²) in [6, 6.07) is 13.0. The highest BCUT2D eigenvalue weighted by Gasteiger charge is 2.11.